The molecule has 0 saturated carbocycles. The molecule has 1 aromatic carbocycles. The molecule has 5 nitrogen and oxygen atoms in total. The first-order valence-electron chi connectivity index (χ1n) is 5.91. The van der Waals surface area contributed by atoms with Crippen molar-refractivity contribution >= 4 is 17.5 Å². The van der Waals surface area contributed by atoms with Crippen LogP contribution in [0.15, 0.2) is 18.2 Å². The van der Waals surface area contributed by atoms with Gasteiger partial charge in [0.05, 0.1) is 0 Å². The first-order chi connectivity index (χ1) is 8.49. The van der Waals surface area contributed by atoms with Crippen molar-refractivity contribution in [2.75, 3.05) is 19.3 Å². The number of hydrogen-bond donors (Lipinski definition) is 2. The molecule has 1 aliphatic heterocycles. The number of nitrogens with two attached hydrogens (primary N) is 1. The number of likely N-dealkylation sites (N-methyl/N-ethyl adjacent to an activating group) is 1. The minimum Gasteiger partial charge on any atom is -0.399 e. The molecule has 1 aromatic rings. The summed E-state index contributed by atoms with van der Waals surface area (Å²) in [7, 11) is 1.74. The zero-order valence-corrected chi connectivity index (χ0v) is 10.6. The van der Waals surface area contributed by atoms with Crippen LogP contribution in [0.3, 0.4) is 0 Å². The van der Waals surface area contributed by atoms with Crippen LogP contribution in [-0.2, 0) is 4.79 Å². The normalized spacial score (nSPS) is 19.1. The van der Waals surface area contributed by atoms with Gasteiger partial charge in [0.15, 0.2) is 0 Å². The van der Waals surface area contributed by atoms with Crippen molar-refractivity contribution in [2.24, 2.45) is 0 Å². The molecule has 0 radical (unpaired) electrons. The number of nitrogen functional groups attached to an aromatic ring is 1. The second-order valence-corrected chi connectivity index (χ2v) is 4.65. The van der Waals surface area contributed by atoms with Gasteiger partial charge in [0.1, 0.15) is 6.04 Å². The lowest BCUT2D eigenvalue weighted by Gasteiger charge is -2.12. The Morgan fingerprint density at radius 2 is 2.22 bits per heavy atom. The summed E-state index contributed by atoms with van der Waals surface area (Å²) in [4.78, 5) is 25.3. The fraction of sp³-hybridized carbons (Fsp3) is 0.385. The molecule has 1 fully saturated rings. The lowest BCUT2D eigenvalue weighted by molar-refractivity contribution is -0.128. The zero-order valence-electron chi connectivity index (χ0n) is 10.6. The highest BCUT2D eigenvalue weighted by atomic mass is 16.2. The smallest absolute Gasteiger partial charge is 0.251 e. The van der Waals surface area contributed by atoms with Gasteiger partial charge in [-0.2, -0.15) is 0 Å². The van der Waals surface area contributed by atoms with Gasteiger partial charge in [-0.25, -0.2) is 0 Å². The SMILES string of the molecule is Cc1cc(C(=O)NC2CCN(C)C2=O)ccc1N. The summed E-state index contributed by atoms with van der Waals surface area (Å²) < 4.78 is 0. The Balaban J connectivity index is 2.08. The van der Waals surface area contributed by atoms with Crippen molar-refractivity contribution in [3.05, 3.63) is 29.3 Å². The topological polar surface area (TPSA) is 75.4 Å². The van der Waals surface area contributed by atoms with Gasteiger partial charge in [-0.15, -0.1) is 0 Å². The van der Waals surface area contributed by atoms with Gasteiger partial charge in [0, 0.05) is 24.8 Å². The molecule has 0 aromatic heterocycles. The molecule has 96 valence electrons. The van der Waals surface area contributed by atoms with E-state index in [1.165, 1.54) is 0 Å². The second-order valence-electron chi connectivity index (χ2n) is 4.65. The number of amides is 2. The van der Waals surface area contributed by atoms with Gasteiger partial charge < -0.3 is 16.0 Å². The highest BCUT2D eigenvalue weighted by molar-refractivity contribution is 5.98. The third-order valence-corrected chi connectivity index (χ3v) is 3.26. The Morgan fingerprint density at radius 1 is 1.50 bits per heavy atom. The van der Waals surface area contributed by atoms with Crippen LogP contribution in [0, 0.1) is 6.92 Å². The van der Waals surface area contributed by atoms with Crippen LogP contribution >= 0.6 is 0 Å². The second kappa shape index (κ2) is 4.68. The summed E-state index contributed by atoms with van der Waals surface area (Å²) in [6.45, 7) is 2.53. The number of carbonyl (C=O) groups excluding carboxylic acids is 2. The highest BCUT2D eigenvalue weighted by Crippen LogP contribution is 2.14. The molecule has 2 amide bonds. The first kappa shape index (κ1) is 12.4. The molecular formula is C13H17N3O2. The van der Waals surface area contributed by atoms with Gasteiger partial charge in [-0.3, -0.25) is 9.59 Å². The van der Waals surface area contributed by atoms with E-state index in [0.29, 0.717) is 24.2 Å². The Morgan fingerprint density at radius 3 is 2.78 bits per heavy atom. The maximum Gasteiger partial charge on any atom is 0.251 e. The Bertz CT molecular complexity index is 499. The number of nitrogens with one attached hydrogen (secondary N) is 1. The Labute approximate surface area is 106 Å². The van der Waals surface area contributed by atoms with Crippen LogP contribution in [0.4, 0.5) is 5.69 Å². The van der Waals surface area contributed by atoms with Crippen molar-refractivity contribution < 1.29 is 9.59 Å². The molecule has 0 spiro atoms. The molecule has 0 bridgehead atoms. The fourth-order valence-corrected chi connectivity index (χ4v) is 2.01. The molecule has 0 aliphatic carbocycles. The van der Waals surface area contributed by atoms with Crippen molar-refractivity contribution in [1.82, 2.24) is 10.2 Å². The predicted octanol–water partition coefficient (Wildman–Crippen LogP) is 0.538. The van der Waals surface area contributed by atoms with Crippen LogP contribution in [0.1, 0.15) is 22.3 Å². The molecule has 18 heavy (non-hydrogen) atoms. The van der Waals surface area contributed by atoms with Gasteiger partial charge in [0.2, 0.25) is 5.91 Å². The van der Waals surface area contributed by atoms with Crippen molar-refractivity contribution in [1.29, 1.82) is 0 Å². The molecule has 5 heteroatoms. The minimum absolute atomic E-state index is 0.0319. The Hall–Kier alpha value is -2.04. The monoisotopic (exact) mass is 247 g/mol. The van der Waals surface area contributed by atoms with Crippen LogP contribution in [-0.4, -0.2) is 36.3 Å². The summed E-state index contributed by atoms with van der Waals surface area (Å²) in [5.74, 6) is -0.262. The number of rotatable bonds is 2. The molecular weight excluding hydrogens is 230 g/mol. The number of anilines is 1. The van der Waals surface area contributed by atoms with Crippen LogP contribution < -0.4 is 11.1 Å². The average Bonchev–Trinajstić information content (AvgIpc) is 2.64. The molecule has 2 rings (SSSR count). The first-order valence-corrected chi connectivity index (χ1v) is 5.91. The van der Waals surface area contributed by atoms with Crippen molar-refractivity contribution in [3.63, 3.8) is 0 Å². The summed E-state index contributed by atoms with van der Waals surface area (Å²) in [5.41, 5.74) is 7.75. The summed E-state index contributed by atoms with van der Waals surface area (Å²) in [5, 5.41) is 2.75. The van der Waals surface area contributed by atoms with E-state index in [-0.39, 0.29) is 11.8 Å². The van der Waals surface area contributed by atoms with E-state index >= 15 is 0 Å². The summed E-state index contributed by atoms with van der Waals surface area (Å²) in [6.07, 6.45) is 0.662. The quantitative estimate of drug-likeness (QED) is 0.749. The predicted molar refractivity (Wildman–Crippen MR) is 69.1 cm³/mol. The maximum atomic E-state index is 12.0. The molecule has 1 heterocycles. The number of aryl methyl sites for hydroxylation is 1. The largest absolute Gasteiger partial charge is 0.399 e. The van der Waals surface area contributed by atoms with E-state index in [2.05, 4.69) is 5.32 Å². The number of benzene rings is 1. The van der Waals surface area contributed by atoms with E-state index in [4.69, 9.17) is 5.73 Å². The summed E-state index contributed by atoms with van der Waals surface area (Å²) >= 11 is 0. The third-order valence-electron chi connectivity index (χ3n) is 3.26. The summed E-state index contributed by atoms with van der Waals surface area (Å²) in [6, 6.07) is 4.70. The van der Waals surface area contributed by atoms with Gasteiger partial charge >= 0.3 is 0 Å². The van der Waals surface area contributed by atoms with Gasteiger partial charge in [-0.1, -0.05) is 0 Å². The molecule has 1 aliphatic rings. The van der Waals surface area contributed by atoms with Gasteiger partial charge in [0.25, 0.3) is 5.91 Å². The van der Waals surface area contributed by atoms with E-state index < -0.39 is 6.04 Å². The number of carbonyl (C=O) groups is 2. The van der Waals surface area contributed by atoms with E-state index in [1.807, 2.05) is 6.92 Å². The Kier molecular flexibility index (Phi) is 3.23. The van der Waals surface area contributed by atoms with Crippen LogP contribution in [0.5, 0.6) is 0 Å². The highest BCUT2D eigenvalue weighted by Gasteiger charge is 2.30. The molecule has 1 atom stereocenters. The van der Waals surface area contributed by atoms with Crippen LogP contribution in [0.25, 0.3) is 0 Å². The van der Waals surface area contributed by atoms with Gasteiger partial charge in [-0.05, 0) is 37.1 Å². The van der Waals surface area contributed by atoms with E-state index in [0.717, 1.165) is 5.56 Å². The average molecular weight is 247 g/mol. The lowest BCUT2D eigenvalue weighted by atomic mass is 10.1. The third kappa shape index (κ3) is 2.30. The van der Waals surface area contributed by atoms with E-state index in [9.17, 15) is 9.59 Å². The number of likely N-dealkylation sites (tertiary alicyclic amines) is 1. The molecule has 1 unspecified atom stereocenters. The van der Waals surface area contributed by atoms with Crippen LogP contribution in [0.2, 0.25) is 0 Å². The standard InChI is InChI=1S/C13H17N3O2/c1-8-7-9(3-4-10(8)14)12(17)15-11-5-6-16(2)13(11)18/h3-4,7,11H,5-6,14H2,1-2H3,(H,15,17). The minimum atomic E-state index is -0.402. The van der Waals surface area contributed by atoms with Crippen molar-refractivity contribution in [3.8, 4) is 0 Å². The maximum absolute atomic E-state index is 12.0. The van der Waals surface area contributed by atoms with Crippen molar-refractivity contribution in [2.45, 2.75) is 19.4 Å². The molecule has 3 N–H and O–H groups in total. The fourth-order valence-electron chi connectivity index (χ4n) is 2.01. The van der Waals surface area contributed by atoms with E-state index in [1.54, 1.807) is 30.1 Å². The molecule has 1 saturated heterocycles. The lowest BCUT2D eigenvalue weighted by Crippen LogP contribution is -2.40. The number of hydrogen-bond acceptors (Lipinski definition) is 3. The zero-order chi connectivity index (χ0) is 13.3. The number of nitrogens with zero attached hydrogens (tertiary/aromatic N) is 1.